The third-order valence-electron chi connectivity index (χ3n) is 2.56. The molecular formula is C13H16FN3O2. The zero-order valence-electron chi connectivity index (χ0n) is 10.7. The topological polar surface area (TPSA) is 76.4 Å². The first-order chi connectivity index (χ1) is 9.04. The van der Waals surface area contributed by atoms with Gasteiger partial charge in [0.25, 0.3) is 5.97 Å². The molecule has 102 valence electrons. The van der Waals surface area contributed by atoms with Crippen LogP contribution in [0.3, 0.4) is 0 Å². The first-order valence-corrected chi connectivity index (χ1v) is 5.89. The van der Waals surface area contributed by atoms with Crippen molar-refractivity contribution in [3.63, 3.8) is 0 Å². The number of halogens is 1. The minimum Gasteiger partial charge on any atom is -0.481 e. The Labute approximate surface area is 111 Å². The third kappa shape index (κ3) is 4.94. The Bertz CT molecular complexity index is 475. The van der Waals surface area contributed by atoms with E-state index >= 15 is 0 Å². The lowest BCUT2D eigenvalue weighted by Gasteiger charge is -2.29. The fraction of sp³-hybridized carbons (Fsp3) is 0.385. The van der Waals surface area contributed by atoms with E-state index in [-0.39, 0.29) is 5.56 Å². The van der Waals surface area contributed by atoms with E-state index in [1.54, 1.807) is 6.07 Å². The lowest BCUT2D eigenvalue weighted by Crippen LogP contribution is -2.43. The number of carboxylic acids is 1. The van der Waals surface area contributed by atoms with Crippen molar-refractivity contribution in [1.29, 1.82) is 5.26 Å². The van der Waals surface area contributed by atoms with E-state index in [4.69, 9.17) is 15.2 Å². The summed E-state index contributed by atoms with van der Waals surface area (Å²) in [5.41, 5.74) is 0.960. The van der Waals surface area contributed by atoms with Crippen LogP contribution in [0.25, 0.3) is 0 Å². The van der Waals surface area contributed by atoms with Gasteiger partial charge in [0.15, 0.2) is 0 Å². The number of nitriles is 1. The van der Waals surface area contributed by atoms with Gasteiger partial charge in [0.1, 0.15) is 11.9 Å². The predicted molar refractivity (Wildman–Crippen MR) is 69.5 cm³/mol. The van der Waals surface area contributed by atoms with Crippen LogP contribution in [0.2, 0.25) is 0 Å². The number of carboxylic acid groups (broad SMARTS) is 1. The molecule has 0 saturated carbocycles. The molecule has 2 N–H and O–H groups in total. The quantitative estimate of drug-likeness (QED) is 0.798. The van der Waals surface area contributed by atoms with E-state index in [0.29, 0.717) is 0 Å². The Hall–Kier alpha value is -2.13. The molecule has 1 saturated heterocycles. The number of hydrogen-bond donors (Lipinski definition) is 2. The van der Waals surface area contributed by atoms with Crippen LogP contribution in [0.15, 0.2) is 18.2 Å². The molecule has 5 nitrogen and oxygen atoms in total. The highest BCUT2D eigenvalue weighted by Gasteiger charge is 2.12. The normalized spacial score (nSPS) is 14.1. The monoisotopic (exact) mass is 265 g/mol. The fourth-order valence-electron chi connectivity index (χ4n) is 1.71. The average Bonchev–Trinajstić information content (AvgIpc) is 2.39. The molecular weight excluding hydrogens is 249 g/mol. The van der Waals surface area contributed by atoms with Crippen molar-refractivity contribution in [1.82, 2.24) is 5.32 Å². The lowest BCUT2D eigenvalue weighted by atomic mass is 10.2. The van der Waals surface area contributed by atoms with Gasteiger partial charge in [0.05, 0.1) is 5.56 Å². The molecule has 0 spiro atoms. The number of piperazine rings is 1. The average molecular weight is 265 g/mol. The molecule has 0 amide bonds. The summed E-state index contributed by atoms with van der Waals surface area (Å²) >= 11 is 0. The zero-order chi connectivity index (χ0) is 14.3. The van der Waals surface area contributed by atoms with E-state index < -0.39 is 11.8 Å². The highest BCUT2D eigenvalue weighted by molar-refractivity contribution is 5.62. The number of nitrogens with one attached hydrogen (secondary N) is 1. The molecule has 0 aliphatic carbocycles. The second-order valence-electron chi connectivity index (χ2n) is 4.03. The molecule has 0 atom stereocenters. The molecule has 0 aromatic heterocycles. The zero-order valence-corrected chi connectivity index (χ0v) is 10.7. The van der Waals surface area contributed by atoms with Gasteiger partial charge in [-0.05, 0) is 18.2 Å². The summed E-state index contributed by atoms with van der Waals surface area (Å²) in [4.78, 5) is 11.1. The first kappa shape index (κ1) is 14.9. The number of carbonyl (C=O) groups is 1. The van der Waals surface area contributed by atoms with E-state index in [1.807, 2.05) is 6.07 Å². The number of anilines is 1. The van der Waals surface area contributed by atoms with Crippen LogP contribution in [0.5, 0.6) is 0 Å². The highest BCUT2D eigenvalue weighted by atomic mass is 19.1. The molecule has 19 heavy (non-hydrogen) atoms. The maximum absolute atomic E-state index is 13.3. The van der Waals surface area contributed by atoms with Gasteiger partial charge in [-0.25, -0.2) is 4.39 Å². The summed E-state index contributed by atoms with van der Waals surface area (Å²) in [5, 5.41) is 19.3. The van der Waals surface area contributed by atoms with Crippen molar-refractivity contribution in [2.24, 2.45) is 0 Å². The van der Waals surface area contributed by atoms with Crippen molar-refractivity contribution < 1.29 is 14.3 Å². The van der Waals surface area contributed by atoms with Crippen molar-refractivity contribution in [2.45, 2.75) is 6.92 Å². The van der Waals surface area contributed by atoms with Gasteiger partial charge in [-0.1, -0.05) is 0 Å². The van der Waals surface area contributed by atoms with Crippen LogP contribution in [0.4, 0.5) is 10.1 Å². The second-order valence-corrected chi connectivity index (χ2v) is 4.03. The highest BCUT2D eigenvalue weighted by Crippen LogP contribution is 2.18. The van der Waals surface area contributed by atoms with Gasteiger partial charge in [-0.15, -0.1) is 0 Å². The van der Waals surface area contributed by atoms with Crippen molar-refractivity contribution >= 4 is 11.7 Å². The molecule has 1 aromatic rings. The Kier molecular flexibility index (Phi) is 5.76. The van der Waals surface area contributed by atoms with Gasteiger partial charge >= 0.3 is 0 Å². The molecule has 6 heteroatoms. The van der Waals surface area contributed by atoms with Crippen LogP contribution in [-0.2, 0) is 4.79 Å². The number of hydrogen-bond acceptors (Lipinski definition) is 4. The largest absolute Gasteiger partial charge is 0.481 e. The van der Waals surface area contributed by atoms with Crippen LogP contribution in [-0.4, -0.2) is 37.3 Å². The van der Waals surface area contributed by atoms with E-state index in [1.165, 1.54) is 12.1 Å². The summed E-state index contributed by atoms with van der Waals surface area (Å²) in [5.74, 6) is -1.27. The first-order valence-electron chi connectivity index (χ1n) is 5.89. The maximum atomic E-state index is 13.3. The molecule has 1 aromatic carbocycles. The lowest BCUT2D eigenvalue weighted by molar-refractivity contribution is -0.134. The van der Waals surface area contributed by atoms with Crippen LogP contribution in [0.1, 0.15) is 12.5 Å². The SMILES string of the molecule is CC(=O)O.N#Cc1ccc(N2CCNCC2)cc1F. The van der Waals surface area contributed by atoms with E-state index in [0.717, 1.165) is 38.8 Å². The fourth-order valence-corrected chi connectivity index (χ4v) is 1.71. The Morgan fingerprint density at radius 1 is 1.47 bits per heavy atom. The molecule has 2 rings (SSSR count). The number of rotatable bonds is 1. The summed E-state index contributed by atoms with van der Waals surface area (Å²) in [6.45, 7) is 4.68. The second kappa shape index (κ2) is 7.34. The van der Waals surface area contributed by atoms with Gasteiger partial charge in [0.2, 0.25) is 0 Å². The molecule has 0 unspecified atom stereocenters. The number of benzene rings is 1. The molecule has 1 heterocycles. The van der Waals surface area contributed by atoms with Gasteiger partial charge < -0.3 is 15.3 Å². The van der Waals surface area contributed by atoms with E-state index in [9.17, 15) is 4.39 Å². The van der Waals surface area contributed by atoms with Gasteiger partial charge in [0, 0.05) is 38.8 Å². The Morgan fingerprint density at radius 2 is 2.05 bits per heavy atom. The van der Waals surface area contributed by atoms with Gasteiger partial charge in [-0.3, -0.25) is 4.79 Å². The smallest absolute Gasteiger partial charge is 0.300 e. The predicted octanol–water partition coefficient (Wildman–Crippen LogP) is 1.20. The molecule has 1 fully saturated rings. The van der Waals surface area contributed by atoms with E-state index in [2.05, 4.69) is 10.2 Å². The minimum atomic E-state index is -0.833. The van der Waals surface area contributed by atoms with Gasteiger partial charge in [-0.2, -0.15) is 5.26 Å². The number of nitrogens with zero attached hydrogens (tertiary/aromatic N) is 2. The van der Waals surface area contributed by atoms with Crippen LogP contribution < -0.4 is 10.2 Å². The number of aliphatic carboxylic acids is 1. The third-order valence-corrected chi connectivity index (χ3v) is 2.56. The Morgan fingerprint density at radius 3 is 2.53 bits per heavy atom. The van der Waals surface area contributed by atoms with Crippen molar-refractivity contribution in [3.05, 3.63) is 29.6 Å². The summed E-state index contributed by atoms with van der Waals surface area (Å²) in [6.07, 6.45) is 0. The van der Waals surface area contributed by atoms with Crippen molar-refractivity contribution in [3.8, 4) is 6.07 Å². The van der Waals surface area contributed by atoms with Crippen LogP contribution in [0, 0.1) is 17.1 Å². The summed E-state index contributed by atoms with van der Waals surface area (Å²) in [6, 6.07) is 6.59. The molecule has 0 bridgehead atoms. The summed E-state index contributed by atoms with van der Waals surface area (Å²) in [7, 11) is 0. The standard InChI is InChI=1S/C11H12FN3.C2H4O2/c12-11-7-10(2-1-9(11)8-13)15-5-3-14-4-6-15;1-2(3)4/h1-2,7,14H,3-6H2;1H3,(H,3,4). The van der Waals surface area contributed by atoms with Crippen molar-refractivity contribution in [2.75, 3.05) is 31.1 Å². The molecule has 1 aliphatic heterocycles. The Balaban J connectivity index is 0.000000399. The minimum absolute atomic E-state index is 0.105. The molecule has 0 radical (unpaired) electrons. The van der Waals surface area contributed by atoms with Crippen LogP contribution >= 0.6 is 0 Å². The maximum Gasteiger partial charge on any atom is 0.300 e. The summed E-state index contributed by atoms with van der Waals surface area (Å²) < 4.78 is 13.3. The molecule has 1 aliphatic rings.